The fraction of sp³-hybridized carbons (Fsp3) is 0.333. The average molecular weight is 234 g/mol. The zero-order valence-corrected chi connectivity index (χ0v) is 9.63. The first-order chi connectivity index (χ1) is 8.24. The quantitative estimate of drug-likeness (QED) is 0.454. The molecule has 17 heavy (non-hydrogen) atoms. The van der Waals surface area contributed by atoms with E-state index in [1.54, 1.807) is 12.1 Å². The second-order valence-electron chi connectivity index (χ2n) is 3.67. The molecule has 2 aromatic rings. The van der Waals surface area contributed by atoms with E-state index in [9.17, 15) is 10.1 Å². The molecule has 5 heteroatoms. The monoisotopic (exact) mass is 234 g/mol. The molecule has 0 fully saturated rings. The maximum absolute atomic E-state index is 10.9. The molecule has 1 heterocycles. The predicted molar refractivity (Wildman–Crippen MR) is 65.1 cm³/mol. The van der Waals surface area contributed by atoms with Crippen LogP contribution in [0.4, 0.5) is 5.69 Å². The van der Waals surface area contributed by atoms with Gasteiger partial charge in [-0.25, -0.2) is 0 Å². The third kappa shape index (κ3) is 2.29. The van der Waals surface area contributed by atoms with E-state index >= 15 is 0 Å². The second-order valence-corrected chi connectivity index (χ2v) is 3.67. The molecule has 0 aliphatic heterocycles. The second kappa shape index (κ2) is 4.97. The third-order valence-electron chi connectivity index (χ3n) is 2.67. The molecule has 0 amide bonds. The highest BCUT2D eigenvalue weighted by Gasteiger charge is 2.13. The summed E-state index contributed by atoms with van der Waals surface area (Å²) in [4.78, 5) is 10.5. The smallest absolute Gasteiger partial charge is 0.278 e. The highest BCUT2D eigenvalue weighted by atomic mass is 16.6. The number of benzene rings is 1. The molecule has 1 aromatic carbocycles. The summed E-state index contributed by atoms with van der Waals surface area (Å²) in [6, 6.07) is 6.89. The Balaban J connectivity index is 2.34. The zero-order valence-electron chi connectivity index (χ0n) is 9.63. The molecule has 1 aromatic heterocycles. The summed E-state index contributed by atoms with van der Waals surface area (Å²) in [5.74, 6) is 0. The Morgan fingerprint density at radius 1 is 1.41 bits per heavy atom. The van der Waals surface area contributed by atoms with Crippen LogP contribution in [0.25, 0.3) is 10.9 Å². The topological polar surface area (TPSA) is 57.3 Å². The fourth-order valence-electron chi connectivity index (χ4n) is 1.87. The largest absolute Gasteiger partial charge is 0.380 e. The molecular weight excluding hydrogens is 220 g/mol. The number of non-ortho nitro benzene ring substituents is 1. The van der Waals surface area contributed by atoms with Crippen molar-refractivity contribution in [1.29, 1.82) is 0 Å². The van der Waals surface area contributed by atoms with Crippen LogP contribution in [0.5, 0.6) is 0 Å². The molecular formula is C12H14N2O3. The van der Waals surface area contributed by atoms with Gasteiger partial charge in [0.1, 0.15) is 0 Å². The number of nitro benzene ring substituents is 1. The van der Waals surface area contributed by atoms with E-state index in [1.165, 1.54) is 6.07 Å². The molecule has 0 aliphatic rings. The number of rotatable bonds is 5. The fourth-order valence-corrected chi connectivity index (χ4v) is 1.87. The van der Waals surface area contributed by atoms with Crippen molar-refractivity contribution in [3.63, 3.8) is 0 Å². The zero-order chi connectivity index (χ0) is 12.3. The van der Waals surface area contributed by atoms with E-state index < -0.39 is 0 Å². The van der Waals surface area contributed by atoms with E-state index in [-0.39, 0.29) is 10.6 Å². The van der Waals surface area contributed by atoms with Crippen molar-refractivity contribution in [2.24, 2.45) is 0 Å². The number of hydrogen-bond acceptors (Lipinski definition) is 3. The number of ether oxygens (including phenoxy) is 1. The summed E-state index contributed by atoms with van der Waals surface area (Å²) in [5.41, 5.74) is 1.02. The van der Waals surface area contributed by atoms with Gasteiger partial charge in [0.05, 0.1) is 22.4 Å². The summed E-state index contributed by atoms with van der Waals surface area (Å²) in [5, 5.41) is 11.5. The van der Waals surface area contributed by atoms with E-state index in [2.05, 4.69) is 0 Å². The van der Waals surface area contributed by atoms with Gasteiger partial charge in [0.2, 0.25) is 0 Å². The summed E-state index contributed by atoms with van der Waals surface area (Å²) >= 11 is 0. The molecule has 0 radical (unpaired) electrons. The lowest BCUT2D eigenvalue weighted by Crippen LogP contribution is -2.04. The number of aromatic nitrogens is 1. The van der Waals surface area contributed by atoms with Gasteiger partial charge in [-0.1, -0.05) is 6.07 Å². The predicted octanol–water partition coefficient (Wildman–Crippen LogP) is 2.59. The van der Waals surface area contributed by atoms with Crippen LogP contribution in [0.2, 0.25) is 0 Å². The Morgan fingerprint density at radius 3 is 2.94 bits per heavy atom. The molecule has 2 rings (SSSR count). The Bertz CT molecular complexity index is 534. The van der Waals surface area contributed by atoms with E-state index in [1.807, 2.05) is 23.8 Å². The molecule has 0 unspecified atom stereocenters. The lowest BCUT2D eigenvalue weighted by molar-refractivity contribution is -0.383. The Labute approximate surface area is 98.8 Å². The van der Waals surface area contributed by atoms with Gasteiger partial charge in [-0.3, -0.25) is 10.1 Å². The summed E-state index contributed by atoms with van der Waals surface area (Å²) < 4.78 is 7.25. The number of nitro groups is 1. The van der Waals surface area contributed by atoms with Crippen molar-refractivity contribution in [3.05, 3.63) is 40.6 Å². The number of fused-ring (bicyclic) bond motifs is 1. The standard InChI is InChI=1S/C12H14N2O3/c1-2-17-9-8-13-7-6-10-11(13)4-3-5-12(10)14(15)16/h3-7H,2,8-9H2,1H3. The average Bonchev–Trinajstić information content (AvgIpc) is 2.72. The third-order valence-corrected chi connectivity index (χ3v) is 2.67. The van der Waals surface area contributed by atoms with Crippen molar-refractivity contribution >= 4 is 16.6 Å². The number of hydrogen-bond donors (Lipinski definition) is 0. The highest BCUT2D eigenvalue weighted by molar-refractivity contribution is 5.89. The Morgan fingerprint density at radius 2 is 2.24 bits per heavy atom. The van der Waals surface area contributed by atoms with E-state index in [0.717, 1.165) is 5.52 Å². The molecule has 90 valence electrons. The molecule has 0 spiro atoms. The normalized spacial score (nSPS) is 10.9. The van der Waals surface area contributed by atoms with Crippen LogP contribution in [0.3, 0.4) is 0 Å². The van der Waals surface area contributed by atoms with Gasteiger partial charge >= 0.3 is 0 Å². The molecule has 0 atom stereocenters. The van der Waals surface area contributed by atoms with Crippen LogP contribution in [-0.2, 0) is 11.3 Å². The molecule has 5 nitrogen and oxygen atoms in total. The summed E-state index contributed by atoms with van der Waals surface area (Å²) in [7, 11) is 0. The van der Waals surface area contributed by atoms with Gasteiger partial charge in [0.15, 0.2) is 0 Å². The minimum absolute atomic E-state index is 0.151. The minimum Gasteiger partial charge on any atom is -0.380 e. The molecule has 0 saturated carbocycles. The van der Waals surface area contributed by atoms with Crippen molar-refractivity contribution in [3.8, 4) is 0 Å². The maximum atomic E-state index is 10.9. The minimum atomic E-state index is -0.352. The molecule has 0 N–H and O–H groups in total. The van der Waals surface area contributed by atoms with Gasteiger partial charge in [0.25, 0.3) is 5.69 Å². The number of nitrogens with zero attached hydrogens (tertiary/aromatic N) is 2. The van der Waals surface area contributed by atoms with Crippen LogP contribution >= 0.6 is 0 Å². The molecule has 0 aliphatic carbocycles. The van der Waals surface area contributed by atoms with Crippen LogP contribution in [-0.4, -0.2) is 22.7 Å². The van der Waals surface area contributed by atoms with Crippen LogP contribution < -0.4 is 0 Å². The van der Waals surface area contributed by atoms with Crippen molar-refractivity contribution in [2.75, 3.05) is 13.2 Å². The Hall–Kier alpha value is -1.88. The lowest BCUT2D eigenvalue weighted by Gasteiger charge is -2.05. The van der Waals surface area contributed by atoms with Crippen LogP contribution in [0.15, 0.2) is 30.5 Å². The maximum Gasteiger partial charge on any atom is 0.278 e. The van der Waals surface area contributed by atoms with Gasteiger partial charge < -0.3 is 9.30 Å². The highest BCUT2D eigenvalue weighted by Crippen LogP contribution is 2.26. The lowest BCUT2D eigenvalue weighted by atomic mass is 10.2. The summed E-state index contributed by atoms with van der Waals surface area (Å²) in [6.07, 6.45) is 1.86. The SMILES string of the molecule is CCOCCn1ccc2c([N+](=O)[O-])cccc21. The van der Waals surface area contributed by atoms with Gasteiger partial charge in [-0.05, 0) is 19.1 Å². The summed E-state index contributed by atoms with van der Waals surface area (Å²) in [6.45, 7) is 3.94. The van der Waals surface area contributed by atoms with Gasteiger partial charge in [0, 0.05) is 25.4 Å². The van der Waals surface area contributed by atoms with Crippen molar-refractivity contribution < 1.29 is 9.66 Å². The van der Waals surface area contributed by atoms with Gasteiger partial charge in [-0.2, -0.15) is 0 Å². The van der Waals surface area contributed by atoms with Crippen molar-refractivity contribution in [1.82, 2.24) is 4.57 Å². The van der Waals surface area contributed by atoms with E-state index in [0.29, 0.717) is 25.1 Å². The van der Waals surface area contributed by atoms with Crippen molar-refractivity contribution in [2.45, 2.75) is 13.5 Å². The first kappa shape index (κ1) is 11.6. The first-order valence-corrected chi connectivity index (χ1v) is 5.54. The van der Waals surface area contributed by atoms with Crippen LogP contribution in [0.1, 0.15) is 6.92 Å². The molecule has 0 saturated heterocycles. The van der Waals surface area contributed by atoms with Crippen LogP contribution in [0, 0.1) is 10.1 Å². The van der Waals surface area contributed by atoms with E-state index in [4.69, 9.17) is 4.74 Å². The molecule has 0 bridgehead atoms. The van der Waals surface area contributed by atoms with Gasteiger partial charge in [-0.15, -0.1) is 0 Å². The first-order valence-electron chi connectivity index (χ1n) is 5.54. The Kier molecular flexibility index (Phi) is 3.39.